The number of benzene rings is 2. The molecule has 3 aromatic rings. The second kappa shape index (κ2) is 7.05. The van der Waals surface area contributed by atoms with E-state index in [2.05, 4.69) is 4.98 Å². The first-order valence-corrected chi connectivity index (χ1v) is 7.69. The molecule has 0 unspecified atom stereocenters. The van der Waals surface area contributed by atoms with Gasteiger partial charge in [0, 0.05) is 16.5 Å². The maximum Gasteiger partial charge on any atom is 0.255 e. The zero-order valence-electron chi connectivity index (χ0n) is 13.9. The van der Waals surface area contributed by atoms with Crippen molar-refractivity contribution < 1.29 is 14.3 Å². The van der Waals surface area contributed by atoms with Crippen LogP contribution in [0.15, 0.2) is 59.4 Å². The van der Waals surface area contributed by atoms with Gasteiger partial charge in [0.05, 0.1) is 19.8 Å². The number of nitrogens with one attached hydrogen (secondary N) is 1. The number of aromatic nitrogens is 1. The molecule has 0 spiro atoms. The van der Waals surface area contributed by atoms with E-state index in [1.54, 1.807) is 49.6 Å². The number of hydrogen-bond acceptors (Lipinski definition) is 4. The molecule has 0 radical (unpaired) electrons. The smallest absolute Gasteiger partial charge is 0.255 e. The summed E-state index contributed by atoms with van der Waals surface area (Å²) in [4.78, 5) is 27.4. The fourth-order valence-electron chi connectivity index (χ4n) is 2.56. The van der Waals surface area contributed by atoms with Gasteiger partial charge in [0.1, 0.15) is 11.5 Å². The number of methoxy groups -OCH3 is 2. The lowest BCUT2D eigenvalue weighted by molar-refractivity contribution is 0.104. The van der Waals surface area contributed by atoms with Crippen molar-refractivity contribution in [1.29, 1.82) is 0 Å². The molecule has 0 amide bonds. The predicted octanol–water partition coefficient (Wildman–Crippen LogP) is 3.44. The molecule has 5 heteroatoms. The number of allylic oxidation sites excluding steroid dienone is 1. The van der Waals surface area contributed by atoms with Crippen LogP contribution in [-0.4, -0.2) is 25.0 Å². The Kier molecular flexibility index (Phi) is 4.66. The summed E-state index contributed by atoms with van der Waals surface area (Å²) in [5.41, 5.74) is 1.28. The Morgan fingerprint density at radius 1 is 1.04 bits per heavy atom. The highest BCUT2D eigenvalue weighted by Gasteiger charge is 2.09. The molecule has 5 nitrogen and oxygen atoms in total. The van der Waals surface area contributed by atoms with Crippen LogP contribution in [0.3, 0.4) is 0 Å². The Morgan fingerprint density at radius 2 is 1.84 bits per heavy atom. The van der Waals surface area contributed by atoms with Gasteiger partial charge in [-0.25, -0.2) is 0 Å². The number of hydrogen-bond donors (Lipinski definition) is 1. The van der Waals surface area contributed by atoms with Gasteiger partial charge < -0.3 is 14.5 Å². The summed E-state index contributed by atoms with van der Waals surface area (Å²) in [7, 11) is 3.09. The monoisotopic (exact) mass is 335 g/mol. The van der Waals surface area contributed by atoms with Crippen LogP contribution < -0.4 is 15.0 Å². The Bertz CT molecular complexity index is 1020. The lowest BCUT2D eigenvalue weighted by Crippen LogP contribution is -2.09. The lowest BCUT2D eigenvalue weighted by atomic mass is 10.1. The van der Waals surface area contributed by atoms with Gasteiger partial charge in [-0.3, -0.25) is 9.59 Å². The van der Waals surface area contributed by atoms with Gasteiger partial charge in [0.25, 0.3) is 5.56 Å². The van der Waals surface area contributed by atoms with Crippen LogP contribution in [0, 0.1) is 0 Å². The fraction of sp³-hybridized carbons (Fsp3) is 0.100. The van der Waals surface area contributed by atoms with Crippen molar-refractivity contribution in [3.63, 3.8) is 0 Å². The number of carbonyl (C=O) groups is 1. The Hall–Kier alpha value is -3.34. The van der Waals surface area contributed by atoms with E-state index in [-0.39, 0.29) is 11.3 Å². The highest BCUT2D eigenvalue weighted by Crippen LogP contribution is 2.20. The molecule has 0 aliphatic carbocycles. The summed E-state index contributed by atoms with van der Waals surface area (Å²) in [5, 5.41) is 0.823. The van der Waals surface area contributed by atoms with Crippen molar-refractivity contribution >= 4 is 22.8 Å². The van der Waals surface area contributed by atoms with E-state index in [0.717, 1.165) is 5.39 Å². The average Bonchev–Trinajstić information content (AvgIpc) is 2.65. The molecular formula is C20H17NO4. The highest BCUT2D eigenvalue weighted by molar-refractivity contribution is 6.08. The molecule has 2 aromatic carbocycles. The molecule has 1 aromatic heterocycles. The van der Waals surface area contributed by atoms with Gasteiger partial charge in [-0.2, -0.15) is 0 Å². The number of ketones is 1. The maximum atomic E-state index is 12.4. The average molecular weight is 335 g/mol. The number of rotatable bonds is 5. The Labute approximate surface area is 144 Å². The van der Waals surface area contributed by atoms with Crippen LogP contribution in [0.2, 0.25) is 0 Å². The van der Waals surface area contributed by atoms with Crippen LogP contribution in [-0.2, 0) is 0 Å². The van der Waals surface area contributed by atoms with Crippen molar-refractivity contribution in [3.05, 3.63) is 76.1 Å². The van der Waals surface area contributed by atoms with Crippen LogP contribution >= 0.6 is 0 Å². The first-order valence-electron chi connectivity index (χ1n) is 7.69. The number of ether oxygens (including phenoxy) is 2. The van der Waals surface area contributed by atoms with E-state index in [4.69, 9.17) is 9.47 Å². The van der Waals surface area contributed by atoms with Gasteiger partial charge in [-0.1, -0.05) is 12.1 Å². The molecule has 0 bridgehead atoms. The molecule has 0 aliphatic rings. The largest absolute Gasteiger partial charge is 0.497 e. The van der Waals surface area contributed by atoms with Crippen molar-refractivity contribution in [3.8, 4) is 11.5 Å². The van der Waals surface area contributed by atoms with Crippen LogP contribution in [0.1, 0.15) is 15.9 Å². The number of aromatic amines is 1. The van der Waals surface area contributed by atoms with E-state index in [1.807, 2.05) is 6.07 Å². The third-order valence-corrected chi connectivity index (χ3v) is 3.87. The van der Waals surface area contributed by atoms with Crippen molar-refractivity contribution in [2.24, 2.45) is 0 Å². The van der Waals surface area contributed by atoms with E-state index in [0.29, 0.717) is 28.1 Å². The minimum atomic E-state index is -0.262. The summed E-state index contributed by atoms with van der Waals surface area (Å²) < 4.78 is 10.4. The molecule has 1 N–H and O–H groups in total. The Balaban J connectivity index is 1.96. The molecule has 0 aliphatic heterocycles. The first kappa shape index (κ1) is 16.5. The zero-order valence-corrected chi connectivity index (χ0v) is 13.9. The molecular weight excluding hydrogens is 318 g/mol. The third-order valence-electron chi connectivity index (χ3n) is 3.87. The SMILES string of the molecule is COc1ccc2[nH]c(=O)c(C=CC(=O)c3ccccc3OC)cc2c1. The standard InChI is InChI=1S/C20H17NO4/c1-24-15-8-9-17-14(12-15)11-13(20(23)21-17)7-10-18(22)16-5-3-4-6-19(16)25-2/h3-12H,1-2H3,(H,21,23). The lowest BCUT2D eigenvalue weighted by Gasteiger charge is -2.05. The van der Waals surface area contributed by atoms with Gasteiger partial charge in [0.2, 0.25) is 0 Å². The van der Waals surface area contributed by atoms with E-state index in [1.165, 1.54) is 19.3 Å². The van der Waals surface area contributed by atoms with Gasteiger partial charge in [-0.05, 0) is 48.6 Å². The summed E-state index contributed by atoms with van der Waals surface area (Å²) >= 11 is 0. The summed E-state index contributed by atoms with van der Waals surface area (Å²) in [6.45, 7) is 0. The maximum absolute atomic E-state index is 12.4. The third kappa shape index (κ3) is 3.45. The fourth-order valence-corrected chi connectivity index (χ4v) is 2.56. The minimum Gasteiger partial charge on any atom is -0.497 e. The summed E-state index contributed by atoms with van der Waals surface area (Å²) in [5.74, 6) is 0.955. The summed E-state index contributed by atoms with van der Waals surface area (Å²) in [6.07, 6.45) is 2.88. The molecule has 126 valence electrons. The van der Waals surface area contributed by atoms with Gasteiger partial charge in [0.15, 0.2) is 5.78 Å². The minimum absolute atomic E-state index is 0.234. The topological polar surface area (TPSA) is 68.4 Å². The first-order chi connectivity index (χ1) is 12.1. The van der Waals surface area contributed by atoms with Crippen molar-refractivity contribution in [2.45, 2.75) is 0 Å². The number of carbonyl (C=O) groups excluding carboxylic acids is 1. The molecule has 0 fully saturated rings. The van der Waals surface area contributed by atoms with E-state index in [9.17, 15) is 9.59 Å². The van der Waals surface area contributed by atoms with Crippen LogP contribution in [0.5, 0.6) is 11.5 Å². The van der Waals surface area contributed by atoms with E-state index >= 15 is 0 Å². The van der Waals surface area contributed by atoms with Crippen LogP contribution in [0.25, 0.3) is 17.0 Å². The molecule has 3 rings (SSSR count). The van der Waals surface area contributed by atoms with Gasteiger partial charge in [-0.15, -0.1) is 0 Å². The van der Waals surface area contributed by atoms with Gasteiger partial charge >= 0.3 is 0 Å². The number of pyridine rings is 1. The molecule has 25 heavy (non-hydrogen) atoms. The second-order valence-electron chi connectivity index (χ2n) is 5.40. The number of para-hydroxylation sites is 1. The zero-order chi connectivity index (χ0) is 17.8. The Morgan fingerprint density at radius 3 is 2.60 bits per heavy atom. The predicted molar refractivity (Wildman–Crippen MR) is 97.5 cm³/mol. The number of fused-ring (bicyclic) bond motifs is 1. The molecule has 0 atom stereocenters. The van der Waals surface area contributed by atoms with Crippen LogP contribution in [0.4, 0.5) is 0 Å². The molecule has 0 saturated heterocycles. The highest BCUT2D eigenvalue weighted by atomic mass is 16.5. The quantitative estimate of drug-likeness (QED) is 0.573. The van der Waals surface area contributed by atoms with E-state index < -0.39 is 0 Å². The van der Waals surface area contributed by atoms with Crippen molar-refractivity contribution in [1.82, 2.24) is 4.98 Å². The normalized spacial score (nSPS) is 11.0. The second-order valence-corrected chi connectivity index (χ2v) is 5.40. The van der Waals surface area contributed by atoms with Crippen molar-refractivity contribution in [2.75, 3.05) is 14.2 Å². The number of H-pyrrole nitrogens is 1. The molecule has 1 heterocycles. The summed E-state index contributed by atoms with van der Waals surface area (Å²) in [6, 6.07) is 14.1. The molecule has 0 saturated carbocycles.